The van der Waals surface area contributed by atoms with Crippen LogP contribution in [0.15, 0.2) is 24.3 Å². The minimum Gasteiger partial charge on any atom is -0.351 e. The Labute approximate surface area is 143 Å². The lowest BCUT2D eigenvalue weighted by Gasteiger charge is -2.29. The highest BCUT2D eigenvalue weighted by molar-refractivity contribution is 5.89. The molecule has 24 heavy (non-hydrogen) atoms. The molecule has 1 heterocycles. The molecule has 0 radical (unpaired) electrons. The smallest absolute Gasteiger partial charge is 0.103 e. The normalized spacial score (nSPS) is 15.9. The van der Waals surface area contributed by atoms with Gasteiger partial charge in [-0.15, -0.1) is 0 Å². The van der Waals surface area contributed by atoms with Gasteiger partial charge in [0.2, 0.25) is 0 Å². The Morgan fingerprint density at radius 2 is 1.58 bits per heavy atom. The van der Waals surface area contributed by atoms with Crippen molar-refractivity contribution < 1.29 is 0 Å². The van der Waals surface area contributed by atoms with Crippen molar-refractivity contribution in [3.8, 4) is 12.1 Å². The Balaban J connectivity index is 2.27. The van der Waals surface area contributed by atoms with Crippen molar-refractivity contribution in [2.24, 2.45) is 0 Å². The van der Waals surface area contributed by atoms with Gasteiger partial charge in [-0.3, -0.25) is 0 Å². The molecule has 0 aromatic heterocycles. The molecule has 0 unspecified atom stereocenters. The number of hydrogen-bond donors (Lipinski definition) is 0. The topological polar surface area (TPSA) is 54.1 Å². The molecular formula is C20H20N4. The van der Waals surface area contributed by atoms with Crippen LogP contribution < -0.4 is 9.80 Å². The number of nitrogens with zero attached hydrogens (tertiary/aromatic N) is 4. The van der Waals surface area contributed by atoms with E-state index in [1.165, 1.54) is 16.7 Å². The molecular weight excluding hydrogens is 296 g/mol. The molecule has 0 saturated carbocycles. The fourth-order valence-corrected chi connectivity index (χ4v) is 3.44. The SMILES string of the molecule is Cc1cc(C)c(N2c3ccc(C#N)c(C#N)c3N(C)[C@@H]2C)cc1C. The van der Waals surface area contributed by atoms with Crippen molar-refractivity contribution in [1.29, 1.82) is 10.5 Å². The summed E-state index contributed by atoms with van der Waals surface area (Å²) in [7, 11) is 1.97. The second-order valence-corrected chi connectivity index (χ2v) is 6.42. The summed E-state index contributed by atoms with van der Waals surface area (Å²) < 4.78 is 0. The van der Waals surface area contributed by atoms with Crippen molar-refractivity contribution in [2.45, 2.75) is 33.9 Å². The molecule has 120 valence electrons. The van der Waals surface area contributed by atoms with Gasteiger partial charge < -0.3 is 9.80 Å². The summed E-state index contributed by atoms with van der Waals surface area (Å²) in [6.07, 6.45) is 0.0712. The molecule has 0 N–H and O–H groups in total. The van der Waals surface area contributed by atoms with Gasteiger partial charge in [0.05, 0.1) is 22.5 Å². The largest absolute Gasteiger partial charge is 0.351 e. The minimum absolute atomic E-state index is 0.0712. The Morgan fingerprint density at radius 1 is 0.917 bits per heavy atom. The number of hydrogen-bond acceptors (Lipinski definition) is 4. The van der Waals surface area contributed by atoms with E-state index in [4.69, 9.17) is 0 Å². The van der Waals surface area contributed by atoms with Gasteiger partial charge in [0.15, 0.2) is 0 Å². The summed E-state index contributed by atoms with van der Waals surface area (Å²) in [5.74, 6) is 0. The van der Waals surface area contributed by atoms with E-state index in [1.807, 2.05) is 13.1 Å². The number of rotatable bonds is 1. The second-order valence-electron chi connectivity index (χ2n) is 6.42. The Kier molecular flexibility index (Phi) is 3.70. The summed E-state index contributed by atoms with van der Waals surface area (Å²) in [6, 6.07) is 12.4. The first-order chi connectivity index (χ1) is 11.4. The van der Waals surface area contributed by atoms with Gasteiger partial charge in [-0.1, -0.05) is 6.07 Å². The van der Waals surface area contributed by atoms with Crippen LogP contribution in [-0.4, -0.2) is 13.2 Å². The van der Waals surface area contributed by atoms with E-state index in [2.05, 4.69) is 61.8 Å². The van der Waals surface area contributed by atoms with Crippen LogP contribution in [0.2, 0.25) is 0 Å². The van der Waals surface area contributed by atoms with Gasteiger partial charge in [-0.2, -0.15) is 10.5 Å². The van der Waals surface area contributed by atoms with E-state index in [9.17, 15) is 10.5 Å². The van der Waals surface area contributed by atoms with Crippen LogP contribution in [0, 0.1) is 43.4 Å². The van der Waals surface area contributed by atoms with Crippen LogP contribution in [0.25, 0.3) is 0 Å². The zero-order chi connectivity index (χ0) is 17.6. The summed E-state index contributed by atoms with van der Waals surface area (Å²) in [5.41, 5.74) is 7.55. The molecule has 1 atom stereocenters. The quantitative estimate of drug-likeness (QED) is 0.787. The van der Waals surface area contributed by atoms with E-state index in [0.29, 0.717) is 11.1 Å². The maximum absolute atomic E-state index is 9.56. The number of fused-ring (bicyclic) bond motifs is 1. The van der Waals surface area contributed by atoms with Crippen LogP contribution in [0.1, 0.15) is 34.7 Å². The maximum Gasteiger partial charge on any atom is 0.103 e. The fourth-order valence-electron chi connectivity index (χ4n) is 3.44. The van der Waals surface area contributed by atoms with Gasteiger partial charge in [-0.25, -0.2) is 0 Å². The fraction of sp³-hybridized carbons (Fsp3) is 0.300. The Morgan fingerprint density at radius 3 is 2.21 bits per heavy atom. The van der Waals surface area contributed by atoms with Crippen LogP contribution in [0.4, 0.5) is 17.1 Å². The Bertz CT molecular complexity index is 915. The summed E-state index contributed by atoms with van der Waals surface area (Å²) >= 11 is 0. The lowest BCUT2D eigenvalue weighted by atomic mass is 10.0. The molecule has 0 spiro atoms. The lowest BCUT2D eigenvalue weighted by molar-refractivity contribution is 0.732. The molecule has 1 aliphatic heterocycles. The van der Waals surface area contributed by atoms with Gasteiger partial charge in [0, 0.05) is 12.7 Å². The molecule has 0 fully saturated rings. The number of aryl methyl sites for hydroxylation is 3. The highest BCUT2D eigenvalue weighted by atomic mass is 15.4. The molecule has 0 saturated heterocycles. The summed E-state index contributed by atoms with van der Waals surface area (Å²) in [6.45, 7) is 8.46. The van der Waals surface area contributed by atoms with Gasteiger partial charge in [-0.05, 0) is 62.6 Å². The lowest BCUT2D eigenvalue weighted by Crippen LogP contribution is -2.36. The predicted octanol–water partition coefficient (Wildman–Crippen LogP) is 4.29. The average Bonchev–Trinajstić information content (AvgIpc) is 2.81. The highest BCUT2D eigenvalue weighted by Gasteiger charge is 2.35. The minimum atomic E-state index is 0.0712. The van der Waals surface area contributed by atoms with E-state index < -0.39 is 0 Å². The molecule has 0 bridgehead atoms. The first kappa shape index (κ1) is 15.9. The molecule has 2 aromatic carbocycles. The predicted molar refractivity (Wildman–Crippen MR) is 96.5 cm³/mol. The Hall–Kier alpha value is -2.98. The summed E-state index contributed by atoms with van der Waals surface area (Å²) in [4.78, 5) is 4.32. The molecule has 0 amide bonds. The highest BCUT2D eigenvalue weighted by Crippen LogP contribution is 2.47. The van der Waals surface area contributed by atoms with Gasteiger partial charge >= 0.3 is 0 Å². The number of anilines is 3. The molecule has 1 aliphatic rings. The second kappa shape index (κ2) is 5.58. The monoisotopic (exact) mass is 316 g/mol. The number of nitriles is 2. The van der Waals surface area contributed by atoms with Crippen molar-refractivity contribution in [3.63, 3.8) is 0 Å². The van der Waals surface area contributed by atoms with Crippen molar-refractivity contribution in [1.82, 2.24) is 0 Å². The molecule has 2 aromatic rings. The van der Waals surface area contributed by atoms with Crippen molar-refractivity contribution in [2.75, 3.05) is 16.8 Å². The maximum atomic E-state index is 9.56. The standard InChI is InChI=1S/C20H20N4/c1-12-8-14(3)19(9-13(12)2)24-15(4)23(5)20-17(11-22)16(10-21)6-7-18(20)24/h6-9,15H,1-5H3/t15-/m0/s1. The van der Waals surface area contributed by atoms with Crippen molar-refractivity contribution >= 4 is 17.1 Å². The first-order valence-electron chi connectivity index (χ1n) is 7.97. The zero-order valence-corrected chi connectivity index (χ0v) is 14.7. The summed E-state index contributed by atoms with van der Waals surface area (Å²) in [5, 5.41) is 18.9. The van der Waals surface area contributed by atoms with Crippen molar-refractivity contribution in [3.05, 3.63) is 52.1 Å². The molecule has 4 nitrogen and oxygen atoms in total. The average molecular weight is 316 g/mol. The molecule has 0 aliphatic carbocycles. The van der Waals surface area contributed by atoms with Crippen LogP contribution in [0.5, 0.6) is 0 Å². The van der Waals surface area contributed by atoms with E-state index in [1.54, 1.807) is 6.07 Å². The van der Waals surface area contributed by atoms with Crippen LogP contribution in [0.3, 0.4) is 0 Å². The van der Waals surface area contributed by atoms with E-state index >= 15 is 0 Å². The molecule has 3 rings (SSSR count). The third kappa shape index (κ3) is 2.12. The van der Waals surface area contributed by atoms with Crippen LogP contribution in [-0.2, 0) is 0 Å². The zero-order valence-electron chi connectivity index (χ0n) is 14.7. The van der Waals surface area contributed by atoms with Crippen LogP contribution >= 0.6 is 0 Å². The van der Waals surface area contributed by atoms with Gasteiger partial charge in [0.25, 0.3) is 0 Å². The third-order valence-corrected chi connectivity index (χ3v) is 5.01. The van der Waals surface area contributed by atoms with E-state index in [-0.39, 0.29) is 6.17 Å². The third-order valence-electron chi connectivity index (χ3n) is 5.01. The number of benzene rings is 2. The first-order valence-corrected chi connectivity index (χ1v) is 7.97. The van der Waals surface area contributed by atoms with E-state index in [0.717, 1.165) is 17.1 Å². The molecule has 4 heteroatoms. The van der Waals surface area contributed by atoms with Gasteiger partial charge in [0.1, 0.15) is 18.3 Å².